The van der Waals surface area contributed by atoms with Gasteiger partial charge in [-0.2, -0.15) is 0 Å². The molecule has 2 heterocycles. The van der Waals surface area contributed by atoms with Crippen molar-refractivity contribution in [2.45, 2.75) is 44.3 Å². The topological polar surface area (TPSA) is 55.2 Å². The van der Waals surface area contributed by atoms with E-state index in [9.17, 15) is 9.59 Å². The summed E-state index contributed by atoms with van der Waals surface area (Å²) in [6.45, 7) is 2.68. The smallest absolute Gasteiger partial charge is 0.263 e. The SMILES string of the molecule is CCCn1c(SCC(=O)N(C)c2ccccc2)nc2sc3c(c2c1=O)CCC3. The van der Waals surface area contributed by atoms with Crippen LogP contribution in [0.5, 0.6) is 0 Å². The minimum atomic E-state index is -0.0118. The second kappa shape index (κ2) is 8.09. The summed E-state index contributed by atoms with van der Waals surface area (Å²) in [5, 5.41) is 1.46. The standard InChI is InChI=1S/C21H23N3O2S2/c1-3-12-24-20(26)18-15-10-7-11-16(15)28-19(18)22-21(24)27-13-17(25)23(2)14-8-5-4-6-9-14/h4-6,8-9H,3,7,10-13H2,1-2H3. The predicted molar refractivity (Wildman–Crippen MR) is 117 cm³/mol. The third kappa shape index (κ3) is 3.49. The van der Waals surface area contributed by atoms with E-state index in [1.54, 1.807) is 27.9 Å². The molecule has 3 aromatic rings. The van der Waals surface area contributed by atoms with Gasteiger partial charge >= 0.3 is 0 Å². The lowest BCUT2D eigenvalue weighted by molar-refractivity contribution is -0.115. The van der Waals surface area contributed by atoms with E-state index in [4.69, 9.17) is 4.98 Å². The Kier molecular flexibility index (Phi) is 5.55. The van der Waals surface area contributed by atoms with Gasteiger partial charge in [-0.1, -0.05) is 36.9 Å². The molecule has 0 N–H and O–H groups in total. The first-order valence-corrected chi connectivity index (χ1v) is 11.4. The minimum Gasteiger partial charge on any atom is -0.315 e. The van der Waals surface area contributed by atoms with Gasteiger partial charge in [-0.25, -0.2) is 4.98 Å². The lowest BCUT2D eigenvalue weighted by Crippen LogP contribution is -2.29. The van der Waals surface area contributed by atoms with Crippen LogP contribution in [0.1, 0.15) is 30.2 Å². The zero-order valence-electron chi connectivity index (χ0n) is 16.1. The van der Waals surface area contributed by atoms with E-state index >= 15 is 0 Å². The Labute approximate surface area is 172 Å². The zero-order chi connectivity index (χ0) is 19.7. The first-order chi connectivity index (χ1) is 13.6. The second-order valence-electron chi connectivity index (χ2n) is 6.97. The summed E-state index contributed by atoms with van der Waals surface area (Å²) in [6.07, 6.45) is 4.00. The highest BCUT2D eigenvalue weighted by Gasteiger charge is 2.23. The lowest BCUT2D eigenvalue weighted by Gasteiger charge is -2.17. The third-order valence-electron chi connectivity index (χ3n) is 5.08. The average Bonchev–Trinajstić information content (AvgIpc) is 3.29. The van der Waals surface area contributed by atoms with Crippen LogP contribution in [0.2, 0.25) is 0 Å². The van der Waals surface area contributed by atoms with Crippen LogP contribution >= 0.6 is 23.1 Å². The van der Waals surface area contributed by atoms with Crippen LogP contribution in [0.25, 0.3) is 10.2 Å². The lowest BCUT2D eigenvalue weighted by atomic mass is 10.2. The fourth-order valence-corrected chi connectivity index (χ4v) is 5.85. The van der Waals surface area contributed by atoms with Crippen LogP contribution in [-0.2, 0) is 24.2 Å². The van der Waals surface area contributed by atoms with Crippen molar-refractivity contribution in [2.75, 3.05) is 17.7 Å². The fourth-order valence-electron chi connectivity index (χ4n) is 3.61. The molecule has 0 aliphatic heterocycles. The molecule has 146 valence electrons. The third-order valence-corrected chi connectivity index (χ3v) is 7.23. The molecule has 1 amide bonds. The maximum atomic E-state index is 13.2. The molecule has 5 nitrogen and oxygen atoms in total. The summed E-state index contributed by atoms with van der Waals surface area (Å²) < 4.78 is 1.76. The maximum Gasteiger partial charge on any atom is 0.263 e. The van der Waals surface area contributed by atoms with Crippen molar-refractivity contribution in [1.82, 2.24) is 9.55 Å². The Morgan fingerprint density at radius 1 is 1.29 bits per heavy atom. The summed E-state index contributed by atoms with van der Waals surface area (Å²) in [7, 11) is 1.78. The van der Waals surface area contributed by atoms with Crippen LogP contribution in [-0.4, -0.2) is 28.3 Å². The van der Waals surface area contributed by atoms with Crippen LogP contribution in [0.4, 0.5) is 5.69 Å². The molecule has 1 aliphatic carbocycles. The van der Waals surface area contributed by atoms with Gasteiger partial charge in [0.15, 0.2) is 5.16 Å². The molecule has 0 radical (unpaired) electrons. The first-order valence-electron chi connectivity index (χ1n) is 9.59. The van der Waals surface area contributed by atoms with Gasteiger partial charge in [0.1, 0.15) is 4.83 Å². The van der Waals surface area contributed by atoms with Gasteiger partial charge in [0.05, 0.1) is 11.1 Å². The number of carbonyl (C=O) groups is 1. The van der Waals surface area contributed by atoms with E-state index < -0.39 is 0 Å². The molecular weight excluding hydrogens is 390 g/mol. The van der Waals surface area contributed by atoms with Gasteiger partial charge < -0.3 is 4.90 Å². The summed E-state index contributed by atoms with van der Waals surface area (Å²) in [5.74, 6) is 0.236. The summed E-state index contributed by atoms with van der Waals surface area (Å²) in [5.41, 5.74) is 2.12. The molecule has 1 aromatic carbocycles. The Morgan fingerprint density at radius 2 is 2.07 bits per heavy atom. The number of anilines is 1. The van der Waals surface area contributed by atoms with E-state index in [0.717, 1.165) is 41.6 Å². The summed E-state index contributed by atoms with van der Waals surface area (Å²) >= 11 is 3.00. The Morgan fingerprint density at radius 3 is 2.82 bits per heavy atom. The van der Waals surface area contributed by atoms with Crippen molar-refractivity contribution in [3.05, 3.63) is 51.1 Å². The van der Waals surface area contributed by atoms with Crippen molar-refractivity contribution in [3.63, 3.8) is 0 Å². The van der Waals surface area contributed by atoms with Gasteiger partial charge in [0.2, 0.25) is 5.91 Å². The molecule has 7 heteroatoms. The quantitative estimate of drug-likeness (QED) is 0.451. The number of nitrogens with zero attached hydrogens (tertiary/aromatic N) is 3. The molecule has 0 saturated heterocycles. The van der Waals surface area contributed by atoms with E-state index in [1.807, 2.05) is 30.3 Å². The minimum absolute atomic E-state index is 0.0118. The van der Waals surface area contributed by atoms with Crippen molar-refractivity contribution in [3.8, 4) is 0 Å². The molecular formula is C21H23N3O2S2. The molecule has 0 saturated carbocycles. The van der Waals surface area contributed by atoms with Gasteiger partial charge in [-0.05, 0) is 43.4 Å². The second-order valence-corrected chi connectivity index (χ2v) is 8.99. The molecule has 0 bridgehead atoms. The molecule has 0 unspecified atom stereocenters. The molecule has 28 heavy (non-hydrogen) atoms. The summed E-state index contributed by atoms with van der Waals surface area (Å²) in [4.78, 5) is 34.4. The Hall–Kier alpha value is -2.12. The van der Waals surface area contributed by atoms with Gasteiger partial charge in [0, 0.05) is 24.2 Å². The number of aromatic nitrogens is 2. The maximum absolute atomic E-state index is 13.2. The Balaban J connectivity index is 1.62. The number of para-hydroxylation sites is 1. The Bertz CT molecular complexity index is 1070. The number of benzene rings is 1. The van der Waals surface area contributed by atoms with Crippen molar-refractivity contribution in [2.24, 2.45) is 0 Å². The number of thioether (sulfide) groups is 1. The van der Waals surface area contributed by atoms with Gasteiger partial charge in [-0.15, -0.1) is 11.3 Å². The van der Waals surface area contributed by atoms with E-state index in [2.05, 4.69) is 6.92 Å². The average molecular weight is 414 g/mol. The summed E-state index contributed by atoms with van der Waals surface area (Å²) in [6, 6.07) is 9.57. The number of hydrogen-bond acceptors (Lipinski definition) is 5. The molecule has 2 aromatic heterocycles. The monoisotopic (exact) mass is 413 g/mol. The van der Waals surface area contributed by atoms with Crippen LogP contribution in [0.15, 0.2) is 40.3 Å². The number of rotatable bonds is 6. The number of carbonyl (C=O) groups excluding carboxylic acids is 1. The van der Waals surface area contributed by atoms with E-state index in [0.29, 0.717) is 11.7 Å². The van der Waals surface area contributed by atoms with Crippen molar-refractivity contribution >= 4 is 44.9 Å². The number of fused-ring (bicyclic) bond motifs is 3. The molecule has 4 rings (SSSR count). The molecule has 0 atom stereocenters. The van der Waals surface area contributed by atoms with Gasteiger partial charge in [0.25, 0.3) is 5.56 Å². The van der Waals surface area contributed by atoms with Crippen LogP contribution in [0, 0.1) is 0 Å². The number of hydrogen-bond donors (Lipinski definition) is 0. The van der Waals surface area contributed by atoms with Gasteiger partial charge in [-0.3, -0.25) is 14.2 Å². The van der Waals surface area contributed by atoms with Crippen molar-refractivity contribution in [1.29, 1.82) is 0 Å². The number of amides is 1. The highest BCUT2D eigenvalue weighted by molar-refractivity contribution is 7.99. The number of thiophene rings is 1. The molecule has 0 fully saturated rings. The van der Waals surface area contributed by atoms with Crippen LogP contribution < -0.4 is 10.5 Å². The number of aryl methyl sites for hydroxylation is 2. The highest BCUT2D eigenvalue weighted by atomic mass is 32.2. The first kappa shape index (κ1) is 19.2. The van der Waals surface area contributed by atoms with Crippen molar-refractivity contribution < 1.29 is 4.79 Å². The van der Waals surface area contributed by atoms with E-state index in [1.165, 1.54) is 22.2 Å². The van der Waals surface area contributed by atoms with Crippen LogP contribution in [0.3, 0.4) is 0 Å². The molecule has 0 spiro atoms. The zero-order valence-corrected chi connectivity index (χ0v) is 17.7. The molecule has 1 aliphatic rings. The highest BCUT2D eigenvalue weighted by Crippen LogP contribution is 2.35. The fraction of sp³-hybridized carbons (Fsp3) is 0.381. The van der Waals surface area contributed by atoms with E-state index in [-0.39, 0.29) is 17.2 Å². The predicted octanol–water partition coefficient (Wildman–Crippen LogP) is 4.11. The normalized spacial score (nSPS) is 13.1. The largest absolute Gasteiger partial charge is 0.315 e.